The first-order valence-electron chi connectivity index (χ1n) is 9.96. The maximum absolute atomic E-state index is 12.7. The minimum absolute atomic E-state index is 0.0262. The fourth-order valence-corrected chi connectivity index (χ4v) is 3.65. The van der Waals surface area contributed by atoms with Crippen LogP contribution in [0.2, 0.25) is 5.02 Å². The van der Waals surface area contributed by atoms with Gasteiger partial charge in [-0.05, 0) is 49.2 Å². The van der Waals surface area contributed by atoms with Gasteiger partial charge in [-0.25, -0.2) is 4.98 Å². The molecule has 1 saturated heterocycles. The first kappa shape index (κ1) is 22.1. The molecule has 1 aliphatic heterocycles. The lowest BCUT2D eigenvalue weighted by atomic mass is 9.97. The third-order valence-electron chi connectivity index (χ3n) is 5.19. The van der Waals surface area contributed by atoms with Gasteiger partial charge in [0.05, 0.1) is 24.6 Å². The molecule has 2 amide bonds. The van der Waals surface area contributed by atoms with Crippen molar-refractivity contribution >= 4 is 29.2 Å². The van der Waals surface area contributed by atoms with Crippen molar-refractivity contribution in [3.8, 4) is 5.75 Å². The highest BCUT2D eigenvalue weighted by Gasteiger charge is 2.27. The summed E-state index contributed by atoms with van der Waals surface area (Å²) in [6.07, 6.45) is 3.17. The first-order valence-corrected chi connectivity index (χ1v) is 10.3. The minimum Gasteiger partial charge on any atom is -0.497 e. The normalized spacial score (nSPS) is 16.7. The number of likely N-dealkylation sites (N-methyl/N-ethyl adjacent to an activating group) is 1. The Labute approximate surface area is 182 Å². The Hall–Kier alpha value is -2.64. The van der Waals surface area contributed by atoms with Crippen molar-refractivity contribution in [2.45, 2.75) is 19.4 Å². The van der Waals surface area contributed by atoms with Crippen LogP contribution in [0.25, 0.3) is 0 Å². The van der Waals surface area contributed by atoms with Crippen LogP contribution in [-0.4, -0.2) is 60.4 Å². The monoisotopic (exact) mass is 430 g/mol. The largest absolute Gasteiger partial charge is 0.497 e. The van der Waals surface area contributed by atoms with Crippen molar-refractivity contribution in [2.24, 2.45) is 5.92 Å². The van der Waals surface area contributed by atoms with E-state index in [0.717, 1.165) is 30.7 Å². The molecule has 30 heavy (non-hydrogen) atoms. The van der Waals surface area contributed by atoms with E-state index < -0.39 is 0 Å². The average Bonchev–Trinajstić information content (AvgIpc) is 2.75. The standard InChI is InChI=1S/C22H27ClN4O3/c1-26(13-16-5-3-7-19(11-16)30-2)21(28)15-27-10-4-6-17(14-27)22(29)25-20-9-8-18(23)12-24-20/h3,5,7-9,11-12,17H,4,6,10,13-15H2,1-2H3,(H,24,25,29). The van der Waals surface area contributed by atoms with Gasteiger partial charge in [0.25, 0.3) is 0 Å². The number of carbonyl (C=O) groups excluding carboxylic acids is 2. The Balaban J connectivity index is 1.51. The van der Waals surface area contributed by atoms with E-state index in [1.54, 1.807) is 31.2 Å². The number of halogens is 1. The van der Waals surface area contributed by atoms with Gasteiger partial charge >= 0.3 is 0 Å². The number of carbonyl (C=O) groups is 2. The van der Waals surface area contributed by atoms with Gasteiger partial charge < -0.3 is 15.0 Å². The highest BCUT2D eigenvalue weighted by Crippen LogP contribution is 2.19. The van der Waals surface area contributed by atoms with Crippen LogP contribution in [0.5, 0.6) is 5.75 Å². The van der Waals surface area contributed by atoms with Crippen LogP contribution < -0.4 is 10.1 Å². The van der Waals surface area contributed by atoms with Gasteiger partial charge in [-0.2, -0.15) is 0 Å². The van der Waals surface area contributed by atoms with E-state index in [1.807, 2.05) is 29.2 Å². The van der Waals surface area contributed by atoms with E-state index in [2.05, 4.69) is 10.3 Å². The molecule has 1 atom stereocenters. The SMILES string of the molecule is COc1cccc(CN(C)C(=O)CN2CCCC(C(=O)Nc3ccc(Cl)cn3)C2)c1. The third-order valence-corrected chi connectivity index (χ3v) is 5.42. The maximum atomic E-state index is 12.7. The fraction of sp³-hybridized carbons (Fsp3) is 0.409. The Morgan fingerprint density at radius 2 is 2.17 bits per heavy atom. The smallest absolute Gasteiger partial charge is 0.236 e. The number of rotatable bonds is 7. The summed E-state index contributed by atoms with van der Waals surface area (Å²) in [4.78, 5) is 33.2. The van der Waals surface area contributed by atoms with E-state index in [9.17, 15) is 9.59 Å². The number of nitrogens with one attached hydrogen (secondary N) is 1. The molecule has 1 fully saturated rings. The molecule has 0 saturated carbocycles. The van der Waals surface area contributed by atoms with Gasteiger partial charge in [0, 0.05) is 26.3 Å². The summed E-state index contributed by atoms with van der Waals surface area (Å²) >= 11 is 5.83. The number of aromatic nitrogens is 1. The van der Waals surface area contributed by atoms with Crippen LogP contribution in [-0.2, 0) is 16.1 Å². The maximum Gasteiger partial charge on any atom is 0.236 e. The van der Waals surface area contributed by atoms with Crippen LogP contribution in [0.1, 0.15) is 18.4 Å². The number of amides is 2. The Kier molecular flexibility index (Phi) is 7.65. The summed E-state index contributed by atoms with van der Waals surface area (Å²) in [5.41, 5.74) is 1.01. The second kappa shape index (κ2) is 10.4. The molecule has 2 aromatic rings. The van der Waals surface area contributed by atoms with Crippen LogP contribution in [0.4, 0.5) is 5.82 Å². The zero-order valence-electron chi connectivity index (χ0n) is 17.3. The summed E-state index contributed by atoms with van der Waals surface area (Å²) in [7, 11) is 3.42. The number of methoxy groups -OCH3 is 1. The lowest BCUT2D eigenvalue weighted by molar-refractivity contribution is -0.133. The molecule has 1 unspecified atom stereocenters. The molecule has 8 heteroatoms. The number of ether oxygens (including phenoxy) is 1. The molecule has 1 N–H and O–H groups in total. The van der Waals surface area contributed by atoms with E-state index in [0.29, 0.717) is 30.5 Å². The van der Waals surface area contributed by atoms with E-state index in [4.69, 9.17) is 16.3 Å². The molecule has 0 bridgehead atoms. The molecule has 160 valence electrons. The average molecular weight is 431 g/mol. The summed E-state index contributed by atoms with van der Waals surface area (Å²) in [5, 5.41) is 3.36. The topological polar surface area (TPSA) is 74.8 Å². The molecule has 3 rings (SSSR count). The van der Waals surface area contributed by atoms with Crippen molar-refractivity contribution < 1.29 is 14.3 Å². The number of nitrogens with zero attached hydrogens (tertiary/aromatic N) is 3. The van der Waals surface area contributed by atoms with E-state index >= 15 is 0 Å². The zero-order valence-corrected chi connectivity index (χ0v) is 18.1. The Morgan fingerprint density at radius 3 is 2.90 bits per heavy atom. The lowest BCUT2D eigenvalue weighted by Gasteiger charge is -2.32. The van der Waals surface area contributed by atoms with Crippen LogP contribution in [0.3, 0.4) is 0 Å². The summed E-state index contributed by atoms with van der Waals surface area (Å²) < 4.78 is 5.24. The summed E-state index contributed by atoms with van der Waals surface area (Å²) in [6, 6.07) is 11.1. The molecule has 1 aromatic carbocycles. The quantitative estimate of drug-likeness (QED) is 0.730. The second-order valence-corrected chi connectivity index (χ2v) is 7.96. The number of benzene rings is 1. The molecule has 0 radical (unpaired) electrons. The number of hydrogen-bond donors (Lipinski definition) is 1. The minimum atomic E-state index is -0.173. The Bertz CT molecular complexity index is 875. The van der Waals surface area contributed by atoms with Gasteiger partial charge in [0.2, 0.25) is 11.8 Å². The molecule has 2 heterocycles. The number of piperidine rings is 1. The van der Waals surface area contributed by atoms with Crippen molar-refractivity contribution in [1.29, 1.82) is 0 Å². The van der Waals surface area contributed by atoms with Crippen molar-refractivity contribution in [2.75, 3.05) is 39.1 Å². The van der Waals surface area contributed by atoms with Gasteiger partial charge in [0.15, 0.2) is 0 Å². The second-order valence-electron chi connectivity index (χ2n) is 7.53. The van der Waals surface area contributed by atoms with Crippen molar-refractivity contribution in [1.82, 2.24) is 14.8 Å². The predicted molar refractivity (Wildman–Crippen MR) is 117 cm³/mol. The van der Waals surface area contributed by atoms with Crippen LogP contribution >= 0.6 is 11.6 Å². The molecule has 0 aliphatic carbocycles. The van der Waals surface area contributed by atoms with Crippen molar-refractivity contribution in [3.63, 3.8) is 0 Å². The Morgan fingerprint density at radius 1 is 1.33 bits per heavy atom. The number of anilines is 1. The van der Waals surface area contributed by atoms with Gasteiger partial charge in [-0.1, -0.05) is 23.7 Å². The van der Waals surface area contributed by atoms with Crippen LogP contribution in [0, 0.1) is 5.92 Å². The van der Waals surface area contributed by atoms with Gasteiger partial charge in [0.1, 0.15) is 11.6 Å². The highest BCUT2D eigenvalue weighted by molar-refractivity contribution is 6.30. The molecule has 1 aliphatic rings. The number of hydrogen-bond acceptors (Lipinski definition) is 5. The summed E-state index contributed by atoms with van der Waals surface area (Å²) in [5.74, 6) is 1.03. The predicted octanol–water partition coefficient (Wildman–Crippen LogP) is 3.05. The highest BCUT2D eigenvalue weighted by atomic mass is 35.5. The molecule has 1 aromatic heterocycles. The van der Waals surface area contributed by atoms with Crippen molar-refractivity contribution in [3.05, 3.63) is 53.2 Å². The molecular formula is C22H27ClN4O3. The molecular weight excluding hydrogens is 404 g/mol. The molecule has 7 nitrogen and oxygen atoms in total. The van der Waals surface area contributed by atoms with E-state index in [-0.39, 0.29) is 17.7 Å². The zero-order chi connectivity index (χ0) is 21.5. The summed E-state index contributed by atoms with van der Waals surface area (Å²) in [6.45, 7) is 2.17. The van der Waals surface area contributed by atoms with Gasteiger partial charge in [-0.15, -0.1) is 0 Å². The number of pyridine rings is 1. The first-order chi connectivity index (χ1) is 14.4. The third kappa shape index (κ3) is 6.18. The molecule has 0 spiro atoms. The van der Waals surface area contributed by atoms with Gasteiger partial charge in [-0.3, -0.25) is 14.5 Å². The van der Waals surface area contributed by atoms with Crippen LogP contribution in [0.15, 0.2) is 42.6 Å². The fourth-order valence-electron chi connectivity index (χ4n) is 3.54. The number of likely N-dealkylation sites (tertiary alicyclic amines) is 1. The lowest BCUT2D eigenvalue weighted by Crippen LogP contribution is -2.45. The van der Waals surface area contributed by atoms with E-state index in [1.165, 1.54) is 6.20 Å².